The highest BCUT2D eigenvalue weighted by Crippen LogP contribution is 2.30. The lowest BCUT2D eigenvalue weighted by Gasteiger charge is -2.27. The number of hydrogen-bond donors (Lipinski definition) is 1. The van der Waals surface area contributed by atoms with Crippen molar-refractivity contribution in [1.29, 1.82) is 0 Å². The maximum atomic E-state index is 13.5. The molecule has 4 rings (SSSR count). The van der Waals surface area contributed by atoms with Gasteiger partial charge in [0.15, 0.2) is 0 Å². The van der Waals surface area contributed by atoms with Crippen molar-refractivity contribution in [2.45, 2.75) is 31.9 Å². The number of alkyl halides is 2. The Morgan fingerprint density at radius 2 is 1.76 bits per heavy atom. The number of carbonyl (C=O) groups excluding carboxylic acids is 1. The van der Waals surface area contributed by atoms with E-state index in [1.807, 2.05) is 0 Å². The lowest BCUT2D eigenvalue weighted by molar-refractivity contribution is -0.144. The second-order valence-corrected chi connectivity index (χ2v) is 8.43. The largest absolute Gasteiger partial charge is 0.484 e. The molecule has 1 aromatic heterocycles. The van der Waals surface area contributed by atoms with Gasteiger partial charge in [0, 0.05) is 17.3 Å². The fourth-order valence-corrected chi connectivity index (χ4v) is 3.67. The lowest BCUT2D eigenvalue weighted by Crippen LogP contribution is -2.46. The number of nitrogens with zero attached hydrogens (tertiary/aromatic N) is 2. The van der Waals surface area contributed by atoms with Gasteiger partial charge in [0.2, 0.25) is 0 Å². The zero-order valence-electron chi connectivity index (χ0n) is 18.3. The summed E-state index contributed by atoms with van der Waals surface area (Å²) in [5.74, 6) is -4.80. The molecule has 4 aromatic rings. The molecule has 3 aromatic carbocycles. The predicted octanol–water partition coefficient (Wildman–Crippen LogP) is 6.10. The molecular weight excluding hydrogens is 467 g/mol. The van der Waals surface area contributed by atoms with Crippen LogP contribution in [0.4, 0.5) is 13.2 Å². The summed E-state index contributed by atoms with van der Waals surface area (Å²) in [5.41, 5.74) is 2.12. The second kappa shape index (κ2) is 9.38. The van der Waals surface area contributed by atoms with Gasteiger partial charge in [-0.25, -0.2) is 9.07 Å². The lowest BCUT2D eigenvalue weighted by atomic mass is 10.0. The van der Waals surface area contributed by atoms with Gasteiger partial charge in [-0.05, 0) is 67.1 Å². The Kier molecular flexibility index (Phi) is 6.52. The average Bonchev–Trinajstić information content (AvgIpc) is 3.21. The van der Waals surface area contributed by atoms with Crippen molar-refractivity contribution in [3.63, 3.8) is 0 Å². The SMILES string of the molecule is C[C@H](NC(=O)C(C)(F)F)[C@@H](Oc1ccc2c(cnn2-c2ccc(F)cc2)c1)c1ccc(Cl)cc1. The van der Waals surface area contributed by atoms with E-state index in [1.54, 1.807) is 72.4 Å². The molecule has 0 aliphatic rings. The van der Waals surface area contributed by atoms with Crippen molar-refractivity contribution in [2.24, 2.45) is 0 Å². The van der Waals surface area contributed by atoms with Crippen LogP contribution in [0.3, 0.4) is 0 Å². The van der Waals surface area contributed by atoms with Gasteiger partial charge in [0.1, 0.15) is 17.7 Å². The van der Waals surface area contributed by atoms with Crippen LogP contribution in [-0.4, -0.2) is 27.7 Å². The summed E-state index contributed by atoms with van der Waals surface area (Å²) in [6.45, 7) is 2.13. The van der Waals surface area contributed by atoms with Gasteiger partial charge in [-0.1, -0.05) is 23.7 Å². The number of ether oxygens (including phenoxy) is 1. The highest BCUT2D eigenvalue weighted by molar-refractivity contribution is 6.30. The summed E-state index contributed by atoms with van der Waals surface area (Å²) < 4.78 is 48.0. The molecule has 0 radical (unpaired) electrons. The minimum Gasteiger partial charge on any atom is -0.484 e. The van der Waals surface area contributed by atoms with Crippen LogP contribution in [0, 0.1) is 5.82 Å². The van der Waals surface area contributed by atoms with Crippen LogP contribution in [0.5, 0.6) is 5.75 Å². The minimum atomic E-state index is -3.52. The standard InChI is InChI=1S/C25H21ClF3N3O2/c1-15(31-24(33)25(2,28)29)23(16-3-5-18(26)6-4-16)34-21-11-12-22-17(13-21)14-30-32(22)20-9-7-19(27)8-10-20/h3-15,23H,1-2H3,(H,31,33)/t15-,23+/m0/s1. The molecule has 5 nitrogen and oxygen atoms in total. The van der Waals surface area contributed by atoms with Crippen molar-refractivity contribution in [3.05, 3.63) is 89.3 Å². The third kappa shape index (κ3) is 5.17. The molecule has 0 fully saturated rings. The van der Waals surface area contributed by atoms with Crippen LogP contribution < -0.4 is 10.1 Å². The van der Waals surface area contributed by atoms with Gasteiger partial charge in [0.25, 0.3) is 5.91 Å². The number of amides is 1. The molecule has 0 aliphatic carbocycles. The summed E-state index contributed by atoms with van der Waals surface area (Å²) in [5, 5.41) is 7.96. The molecule has 9 heteroatoms. The van der Waals surface area contributed by atoms with Gasteiger partial charge < -0.3 is 10.1 Å². The van der Waals surface area contributed by atoms with Crippen molar-refractivity contribution in [3.8, 4) is 11.4 Å². The van der Waals surface area contributed by atoms with Crippen LogP contribution >= 0.6 is 11.6 Å². The Labute approximate surface area is 199 Å². The van der Waals surface area contributed by atoms with E-state index in [0.717, 1.165) is 10.9 Å². The number of halogens is 4. The third-order valence-corrected chi connectivity index (χ3v) is 5.54. The van der Waals surface area contributed by atoms with E-state index >= 15 is 0 Å². The van der Waals surface area contributed by atoms with Gasteiger partial charge >= 0.3 is 5.92 Å². The van der Waals surface area contributed by atoms with E-state index in [0.29, 0.717) is 28.9 Å². The highest BCUT2D eigenvalue weighted by atomic mass is 35.5. The molecule has 0 saturated carbocycles. The normalized spacial score (nSPS) is 13.5. The zero-order valence-corrected chi connectivity index (χ0v) is 19.1. The Balaban J connectivity index is 1.63. The molecule has 0 saturated heterocycles. The summed E-state index contributed by atoms with van der Waals surface area (Å²) in [7, 11) is 0. The molecule has 0 bridgehead atoms. The number of benzene rings is 3. The molecule has 1 N–H and O–H groups in total. The average molecular weight is 488 g/mol. The third-order valence-electron chi connectivity index (χ3n) is 5.28. The maximum Gasteiger partial charge on any atom is 0.321 e. The number of nitrogens with one attached hydrogen (secondary N) is 1. The molecule has 34 heavy (non-hydrogen) atoms. The predicted molar refractivity (Wildman–Crippen MR) is 124 cm³/mol. The maximum absolute atomic E-state index is 13.5. The van der Waals surface area contributed by atoms with E-state index in [4.69, 9.17) is 16.3 Å². The first kappa shape index (κ1) is 23.6. The first-order valence-corrected chi connectivity index (χ1v) is 10.8. The highest BCUT2D eigenvalue weighted by Gasteiger charge is 2.35. The van der Waals surface area contributed by atoms with Crippen LogP contribution in [0.15, 0.2) is 72.9 Å². The van der Waals surface area contributed by atoms with E-state index in [1.165, 1.54) is 12.1 Å². The monoisotopic (exact) mass is 487 g/mol. The first-order valence-electron chi connectivity index (χ1n) is 10.5. The van der Waals surface area contributed by atoms with Crippen molar-refractivity contribution in [1.82, 2.24) is 15.1 Å². The minimum absolute atomic E-state index is 0.341. The summed E-state index contributed by atoms with van der Waals surface area (Å²) in [6, 6.07) is 17.2. The number of aromatic nitrogens is 2. The fourth-order valence-electron chi connectivity index (χ4n) is 3.54. The number of rotatable bonds is 7. The molecule has 0 spiro atoms. The molecule has 0 aliphatic heterocycles. The Hall–Kier alpha value is -3.52. The van der Waals surface area contributed by atoms with Gasteiger partial charge in [0.05, 0.1) is 23.4 Å². The van der Waals surface area contributed by atoms with Crippen LogP contribution in [-0.2, 0) is 4.79 Å². The van der Waals surface area contributed by atoms with Crippen LogP contribution in [0.2, 0.25) is 5.02 Å². The second-order valence-electron chi connectivity index (χ2n) is 7.99. The molecule has 2 atom stereocenters. The Morgan fingerprint density at radius 1 is 1.09 bits per heavy atom. The fraction of sp³-hybridized carbons (Fsp3) is 0.200. The zero-order chi connectivity index (χ0) is 24.5. The van der Waals surface area contributed by atoms with Crippen LogP contribution in [0.1, 0.15) is 25.5 Å². The van der Waals surface area contributed by atoms with E-state index in [9.17, 15) is 18.0 Å². The summed E-state index contributed by atoms with van der Waals surface area (Å²) >= 11 is 5.99. The molecule has 176 valence electrons. The molecule has 1 heterocycles. The summed E-state index contributed by atoms with van der Waals surface area (Å²) in [6.07, 6.45) is 0.874. The smallest absolute Gasteiger partial charge is 0.321 e. The van der Waals surface area contributed by atoms with E-state index in [-0.39, 0.29) is 5.82 Å². The number of hydrogen-bond acceptors (Lipinski definition) is 3. The Bertz CT molecular complexity index is 1300. The molecule has 1 amide bonds. The molecule has 0 unspecified atom stereocenters. The van der Waals surface area contributed by atoms with E-state index < -0.39 is 24.0 Å². The number of fused-ring (bicyclic) bond motifs is 1. The van der Waals surface area contributed by atoms with Crippen molar-refractivity contribution >= 4 is 28.4 Å². The van der Waals surface area contributed by atoms with Gasteiger partial charge in [-0.3, -0.25) is 4.79 Å². The topological polar surface area (TPSA) is 56.1 Å². The van der Waals surface area contributed by atoms with Gasteiger partial charge in [-0.2, -0.15) is 13.9 Å². The first-order chi connectivity index (χ1) is 16.1. The molecular formula is C25H21ClF3N3O2. The van der Waals surface area contributed by atoms with Crippen molar-refractivity contribution in [2.75, 3.05) is 0 Å². The van der Waals surface area contributed by atoms with Crippen molar-refractivity contribution < 1.29 is 22.7 Å². The summed E-state index contributed by atoms with van der Waals surface area (Å²) in [4.78, 5) is 11.9. The quantitative estimate of drug-likeness (QED) is 0.343. The van der Waals surface area contributed by atoms with Gasteiger partial charge in [-0.15, -0.1) is 0 Å². The number of carbonyl (C=O) groups is 1. The Morgan fingerprint density at radius 3 is 2.41 bits per heavy atom. The van der Waals surface area contributed by atoms with E-state index in [2.05, 4.69) is 10.4 Å². The van der Waals surface area contributed by atoms with Crippen LogP contribution in [0.25, 0.3) is 16.6 Å².